The number of ketones is 1. The van der Waals surface area contributed by atoms with Crippen LogP contribution in [0.25, 0.3) is 0 Å². The number of carbonyl (C=O) groups excluding carboxylic acids is 1. The lowest BCUT2D eigenvalue weighted by atomic mass is 10.1. The Hall–Kier alpha value is -1.59. The number of rotatable bonds is 6. The van der Waals surface area contributed by atoms with Gasteiger partial charge in [-0.25, -0.2) is 0 Å². The van der Waals surface area contributed by atoms with Crippen LogP contribution in [0.1, 0.15) is 44.5 Å². The molecule has 0 aromatic heterocycles. The van der Waals surface area contributed by atoms with E-state index in [4.69, 9.17) is 15.2 Å². The van der Waals surface area contributed by atoms with E-state index in [0.717, 1.165) is 19.6 Å². The molecule has 1 aliphatic heterocycles. The highest BCUT2D eigenvalue weighted by molar-refractivity contribution is 5.97. The van der Waals surface area contributed by atoms with E-state index < -0.39 is 0 Å². The molecule has 0 aliphatic carbocycles. The molecular weight excluding hydrogens is 292 g/mol. The average molecular weight is 320 g/mol. The number of morpholine rings is 1. The Labute approximate surface area is 138 Å². The van der Waals surface area contributed by atoms with Gasteiger partial charge in [0.1, 0.15) is 5.75 Å². The molecule has 0 radical (unpaired) electrons. The first-order valence-corrected chi connectivity index (χ1v) is 8.32. The fraction of sp³-hybridized carbons (Fsp3) is 0.611. The summed E-state index contributed by atoms with van der Waals surface area (Å²) in [6, 6.07) is 5.28. The van der Waals surface area contributed by atoms with E-state index in [1.807, 2.05) is 13.8 Å². The average Bonchev–Trinajstić information content (AvgIpc) is 2.45. The number of benzene rings is 1. The predicted octanol–water partition coefficient (Wildman–Crippen LogP) is 2.74. The van der Waals surface area contributed by atoms with E-state index in [-0.39, 0.29) is 24.1 Å². The van der Waals surface area contributed by atoms with Gasteiger partial charge in [-0.05, 0) is 45.9 Å². The lowest BCUT2D eigenvalue weighted by Crippen LogP contribution is -2.46. The van der Waals surface area contributed by atoms with Gasteiger partial charge in [0.05, 0.1) is 24.0 Å². The Bertz CT molecular complexity index is 535. The van der Waals surface area contributed by atoms with Gasteiger partial charge in [0, 0.05) is 31.6 Å². The zero-order chi connectivity index (χ0) is 17.0. The molecule has 2 atom stereocenters. The van der Waals surface area contributed by atoms with E-state index in [0.29, 0.717) is 23.4 Å². The number of hydrogen-bond acceptors (Lipinski definition) is 5. The van der Waals surface area contributed by atoms with Crippen LogP contribution >= 0.6 is 0 Å². The summed E-state index contributed by atoms with van der Waals surface area (Å²) in [4.78, 5) is 14.7. The van der Waals surface area contributed by atoms with Crippen LogP contribution in [0.3, 0.4) is 0 Å². The summed E-state index contributed by atoms with van der Waals surface area (Å²) in [5, 5.41) is 0. The molecule has 0 amide bonds. The Morgan fingerprint density at radius 1 is 1.35 bits per heavy atom. The summed E-state index contributed by atoms with van der Waals surface area (Å²) >= 11 is 0. The first-order chi connectivity index (χ1) is 10.8. The van der Waals surface area contributed by atoms with Crippen LogP contribution in [-0.4, -0.2) is 48.6 Å². The van der Waals surface area contributed by atoms with Gasteiger partial charge >= 0.3 is 0 Å². The van der Waals surface area contributed by atoms with Gasteiger partial charge in [-0.3, -0.25) is 9.69 Å². The van der Waals surface area contributed by atoms with Crippen LogP contribution < -0.4 is 10.5 Å². The van der Waals surface area contributed by atoms with Crippen LogP contribution in [0.15, 0.2) is 18.2 Å². The molecule has 1 aliphatic rings. The highest BCUT2D eigenvalue weighted by atomic mass is 16.5. The molecule has 5 nitrogen and oxygen atoms in total. The van der Waals surface area contributed by atoms with Crippen LogP contribution in [-0.2, 0) is 4.74 Å². The Morgan fingerprint density at radius 2 is 2.00 bits per heavy atom. The fourth-order valence-electron chi connectivity index (χ4n) is 2.95. The molecule has 0 spiro atoms. The number of Topliss-reactive ketones (excluding diaryl/α,β-unsaturated/α-hetero) is 1. The van der Waals surface area contributed by atoms with Crippen molar-refractivity contribution in [1.29, 1.82) is 0 Å². The molecule has 2 rings (SSSR count). The van der Waals surface area contributed by atoms with Crippen LogP contribution in [0, 0.1) is 0 Å². The van der Waals surface area contributed by atoms with Gasteiger partial charge in [0.15, 0.2) is 5.78 Å². The second kappa shape index (κ2) is 7.79. The second-order valence-corrected chi connectivity index (χ2v) is 6.61. The number of nitrogen functional groups attached to an aromatic ring is 1. The third-order valence-electron chi connectivity index (χ3n) is 3.84. The van der Waals surface area contributed by atoms with Gasteiger partial charge in [-0.15, -0.1) is 0 Å². The standard InChI is InChI=1S/C18H28N2O3/c1-12(2)22-18-6-5-15(9-16(18)19)17(21)7-8-20-10-13(3)23-14(4)11-20/h5-6,9,12-14H,7-8,10-11,19H2,1-4H3. The zero-order valence-electron chi connectivity index (χ0n) is 14.5. The van der Waals surface area contributed by atoms with E-state index in [1.54, 1.807) is 18.2 Å². The van der Waals surface area contributed by atoms with Crippen molar-refractivity contribution in [2.45, 2.75) is 52.4 Å². The van der Waals surface area contributed by atoms with Crippen molar-refractivity contribution in [3.05, 3.63) is 23.8 Å². The monoisotopic (exact) mass is 320 g/mol. The number of ether oxygens (including phenoxy) is 2. The lowest BCUT2D eigenvalue weighted by molar-refractivity contribution is -0.0675. The summed E-state index contributed by atoms with van der Waals surface area (Å²) in [7, 11) is 0. The minimum absolute atomic E-state index is 0.0594. The molecule has 2 unspecified atom stereocenters. The molecule has 0 bridgehead atoms. The van der Waals surface area contributed by atoms with Crippen molar-refractivity contribution in [3.63, 3.8) is 0 Å². The maximum atomic E-state index is 12.4. The maximum Gasteiger partial charge on any atom is 0.164 e. The van der Waals surface area contributed by atoms with E-state index >= 15 is 0 Å². The topological polar surface area (TPSA) is 64.8 Å². The smallest absolute Gasteiger partial charge is 0.164 e. The molecule has 1 saturated heterocycles. The number of nitrogens with two attached hydrogens (primary N) is 1. The number of anilines is 1. The summed E-state index contributed by atoms with van der Waals surface area (Å²) < 4.78 is 11.3. The van der Waals surface area contributed by atoms with Crippen molar-refractivity contribution in [1.82, 2.24) is 4.90 Å². The van der Waals surface area contributed by atoms with Gasteiger partial charge < -0.3 is 15.2 Å². The molecule has 2 N–H and O–H groups in total. The Kier molecular flexibility index (Phi) is 6.02. The second-order valence-electron chi connectivity index (χ2n) is 6.61. The minimum atomic E-state index is 0.0594. The minimum Gasteiger partial charge on any atom is -0.489 e. The molecule has 128 valence electrons. The highest BCUT2D eigenvalue weighted by Gasteiger charge is 2.22. The van der Waals surface area contributed by atoms with Crippen molar-refractivity contribution in [2.24, 2.45) is 0 Å². The summed E-state index contributed by atoms with van der Waals surface area (Å²) in [6.45, 7) is 10.5. The molecule has 23 heavy (non-hydrogen) atoms. The highest BCUT2D eigenvalue weighted by Crippen LogP contribution is 2.24. The molecule has 5 heteroatoms. The van der Waals surface area contributed by atoms with Crippen molar-refractivity contribution < 1.29 is 14.3 Å². The van der Waals surface area contributed by atoms with Crippen molar-refractivity contribution in [3.8, 4) is 5.75 Å². The molecule has 1 fully saturated rings. The largest absolute Gasteiger partial charge is 0.489 e. The zero-order valence-corrected chi connectivity index (χ0v) is 14.5. The van der Waals surface area contributed by atoms with E-state index in [2.05, 4.69) is 18.7 Å². The third kappa shape index (κ3) is 5.22. The van der Waals surface area contributed by atoms with Gasteiger partial charge in [0.2, 0.25) is 0 Å². The first kappa shape index (κ1) is 17.8. The van der Waals surface area contributed by atoms with Gasteiger partial charge in [-0.1, -0.05) is 0 Å². The SMILES string of the molecule is CC(C)Oc1ccc(C(=O)CCN2CC(C)OC(C)C2)cc1N. The Morgan fingerprint density at radius 3 is 2.57 bits per heavy atom. The van der Waals surface area contributed by atoms with E-state index in [9.17, 15) is 4.79 Å². The van der Waals surface area contributed by atoms with E-state index in [1.165, 1.54) is 0 Å². The quantitative estimate of drug-likeness (QED) is 0.645. The maximum absolute atomic E-state index is 12.4. The molecule has 1 heterocycles. The molecular formula is C18H28N2O3. The van der Waals surface area contributed by atoms with Gasteiger partial charge in [0.25, 0.3) is 0 Å². The number of hydrogen-bond donors (Lipinski definition) is 1. The molecule has 0 saturated carbocycles. The predicted molar refractivity (Wildman–Crippen MR) is 92.0 cm³/mol. The Balaban J connectivity index is 1.91. The van der Waals surface area contributed by atoms with Crippen molar-refractivity contribution in [2.75, 3.05) is 25.4 Å². The fourth-order valence-corrected chi connectivity index (χ4v) is 2.95. The summed E-state index contributed by atoms with van der Waals surface area (Å²) in [5.74, 6) is 0.743. The molecule has 1 aromatic rings. The summed E-state index contributed by atoms with van der Waals surface area (Å²) in [5.41, 5.74) is 7.14. The van der Waals surface area contributed by atoms with Crippen LogP contribution in [0.2, 0.25) is 0 Å². The van der Waals surface area contributed by atoms with Crippen LogP contribution in [0.5, 0.6) is 5.75 Å². The van der Waals surface area contributed by atoms with Gasteiger partial charge in [-0.2, -0.15) is 0 Å². The number of nitrogens with zero attached hydrogens (tertiary/aromatic N) is 1. The van der Waals surface area contributed by atoms with Crippen molar-refractivity contribution >= 4 is 11.5 Å². The third-order valence-corrected chi connectivity index (χ3v) is 3.84. The van der Waals surface area contributed by atoms with Crippen LogP contribution in [0.4, 0.5) is 5.69 Å². The molecule has 1 aromatic carbocycles. The first-order valence-electron chi connectivity index (χ1n) is 8.32. The number of carbonyl (C=O) groups is 1. The lowest BCUT2D eigenvalue weighted by Gasteiger charge is -2.35. The normalized spacial score (nSPS) is 22.3. The summed E-state index contributed by atoms with van der Waals surface area (Å²) in [6.07, 6.45) is 0.988.